The number of nitrogens with zero attached hydrogens (tertiary/aromatic N) is 1. The lowest BCUT2D eigenvalue weighted by Gasteiger charge is -2.24. The molecule has 3 aromatic rings. The highest BCUT2D eigenvalue weighted by Gasteiger charge is 2.29. The Kier molecular flexibility index (Phi) is 9.85. The first kappa shape index (κ1) is 27.9. The summed E-state index contributed by atoms with van der Waals surface area (Å²) >= 11 is 6.07. The molecule has 0 fully saturated rings. The Morgan fingerprint density at radius 2 is 1.68 bits per heavy atom. The molecule has 3 rings (SSSR count). The first-order valence-corrected chi connectivity index (χ1v) is 11.9. The van der Waals surface area contributed by atoms with Crippen LogP contribution in [0.2, 0.25) is 5.02 Å². The van der Waals surface area contributed by atoms with Crippen molar-refractivity contribution in [1.82, 2.24) is 15.2 Å². The maximum Gasteiger partial charge on any atom is 0.272 e. The van der Waals surface area contributed by atoms with E-state index < -0.39 is 23.5 Å². The molecule has 1 heterocycles. The summed E-state index contributed by atoms with van der Waals surface area (Å²) in [7, 11) is 4.34. The zero-order valence-corrected chi connectivity index (χ0v) is 21.9. The van der Waals surface area contributed by atoms with Crippen LogP contribution in [0.4, 0.5) is 0 Å². The summed E-state index contributed by atoms with van der Waals surface area (Å²) in [6, 6.07) is 16.2. The van der Waals surface area contributed by atoms with Crippen molar-refractivity contribution in [2.75, 3.05) is 21.3 Å². The minimum Gasteiger partial charge on any atom is -0.483 e. The number of rotatable bonds is 11. The van der Waals surface area contributed by atoms with Gasteiger partial charge in [-0.1, -0.05) is 54.1 Å². The molecule has 0 aliphatic carbocycles. The van der Waals surface area contributed by atoms with Gasteiger partial charge < -0.3 is 29.4 Å². The standard InChI is InChI=1S/C27H30ClN3O6/c1-17-22(26(33)29-2)24(32)25(37-16-18-9-6-5-7-10-18)23(31(17)15-21(35-3)36-4)27(34)30-14-19-11-8-12-20(28)13-19/h5-13,21H,14-16H2,1-4H3,(H,29,33)(H,30,34). The molecule has 0 aliphatic heterocycles. The Hall–Kier alpha value is -3.66. The number of benzene rings is 2. The number of nitrogens with one attached hydrogen (secondary N) is 2. The summed E-state index contributed by atoms with van der Waals surface area (Å²) < 4.78 is 18.2. The first-order chi connectivity index (χ1) is 17.8. The second-order valence-corrected chi connectivity index (χ2v) is 8.58. The first-order valence-electron chi connectivity index (χ1n) is 11.5. The third kappa shape index (κ3) is 6.76. The topological polar surface area (TPSA) is 108 Å². The quantitative estimate of drug-likeness (QED) is 0.370. The number of aromatic nitrogens is 1. The molecule has 0 atom stereocenters. The van der Waals surface area contributed by atoms with E-state index in [1.54, 1.807) is 25.1 Å². The molecule has 0 saturated carbocycles. The number of halogens is 1. The van der Waals surface area contributed by atoms with Gasteiger partial charge >= 0.3 is 0 Å². The van der Waals surface area contributed by atoms with Gasteiger partial charge in [0.2, 0.25) is 5.43 Å². The van der Waals surface area contributed by atoms with Crippen LogP contribution in [0.5, 0.6) is 5.75 Å². The Labute approximate surface area is 220 Å². The monoisotopic (exact) mass is 527 g/mol. The van der Waals surface area contributed by atoms with Crippen LogP contribution in [0.3, 0.4) is 0 Å². The van der Waals surface area contributed by atoms with Crippen LogP contribution in [-0.4, -0.2) is 43.9 Å². The SMILES string of the molecule is CNC(=O)c1c(C)n(CC(OC)OC)c(C(=O)NCc2cccc(Cl)c2)c(OCc2ccccc2)c1=O. The van der Waals surface area contributed by atoms with Gasteiger partial charge in [-0.3, -0.25) is 14.4 Å². The van der Waals surface area contributed by atoms with Gasteiger partial charge in [0.1, 0.15) is 12.2 Å². The molecule has 37 heavy (non-hydrogen) atoms. The Morgan fingerprint density at radius 1 is 1.00 bits per heavy atom. The molecule has 0 spiro atoms. The van der Waals surface area contributed by atoms with Crippen LogP contribution in [0.1, 0.15) is 37.7 Å². The number of methoxy groups -OCH3 is 2. The molecule has 9 nitrogen and oxygen atoms in total. The molecular formula is C27H30ClN3O6. The van der Waals surface area contributed by atoms with E-state index in [1.807, 2.05) is 36.4 Å². The number of ether oxygens (including phenoxy) is 3. The fourth-order valence-electron chi connectivity index (χ4n) is 3.83. The van der Waals surface area contributed by atoms with Gasteiger partial charge in [0.25, 0.3) is 11.8 Å². The van der Waals surface area contributed by atoms with Crippen molar-refractivity contribution in [1.29, 1.82) is 0 Å². The summed E-state index contributed by atoms with van der Waals surface area (Å²) in [4.78, 5) is 39.9. The van der Waals surface area contributed by atoms with E-state index in [-0.39, 0.29) is 42.4 Å². The van der Waals surface area contributed by atoms with Crippen molar-refractivity contribution in [3.05, 3.63) is 97.9 Å². The molecule has 0 aliphatic rings. The molecule has 2 N–H and O–H groups in total. The van der Waals surface area contributed by atoms with Crippen LogP contribution in [0.25, 0.3) is 0 Å². The molecule has 196 valence electrons. The van der Waals surface area contributed by atoms with Gasteiger partial charge in [-0.05, 0) is 30.2 Å². The van der Waals surface area contributed by atoms with Crippen LogP contribution in [0, 0.1) is 6.92 Å². The van der Waals surface area contributed by atoms with Crippen molar-refractivity contribution in [2.24, 2.45) is 0 Å². The summed E-state index contributed by atoms with van der Waals surface area (Å²) in [6.07, 6.45) is -0.764. The second kappa shape index (κ2) is 13.0. The molecule has 1 aromatic heterocycles. The molecule has 0 radical (unpaired) electrons. The van der Waals surface area contributed by atoms with E-state index >= 15 is 0 Å². The normalized spacial score (nSPS) is 10.9. The number of carbonyl (C=O) groups is 2. The van der Waals surface area contributed by atoms with E-state index in [1.165, 1.54) is 25.8 Å². The van der Waals surface area contributed by atoms with Crippen molar-refractivity contribution in [3.8, 4) is 5.75 Å². The van der Waals surface area contributed by atoms with Gasteiger partial charge in [-0.2, -0.15) is 0 Å². The van der Waals surface area contributed by atoms with Gasteiger partial charge in [0.05, 0.1) is 6.54 Å². The summed E-state index contributed by atoms with van der Waals surface area (Å²) in [5, 5.41) is 5.85. The molecule has 0 unspecified atom stereocenters. The lowest BCUT2D eigenvalue weighted by molar-refractivity contribution is -0.111. The Balaban J connectivity index is 2.15. The molecule has 2 aromatic carbocycles. The van der Waals surface area contributed by atoms with E-state index in [0.717, 1.165) is 11.1 Å². The van der Waals surface area contributed by atoms with Crippen molar-refractivity contribution < 1.29 is 23.8 Å². The highest BCUT2D eigenvalue weighted by atomic mass is 35.5. The molecule has 2 amide bonds. The number of carbonyl (C=O) groups excluding carboxylic acids is 2. The molecule has 0 saturated heterocycles. The second-order valence-electron chi connectivity index (χ2n) is 8.14. The predicted octanol–water partition coefficient (Wildman–Crippen LogP) is 3.30. The van der Waals surface area contributed by atoms with E-state index in [2.05, 4.69) is 10.6 Å². The molecular weight excluding hydrogens is 498 g/mol. The molecule has 10 heteroatoms. The number of pyridine rings is 1. The fourth-order valence-corrected chi connectivity index (χ4v) is 4.04. The van der Waals surface area contributed by atoms with Gasteiger partial charge in [0, 0.05) is 38.5 Å². The minimum atomic E-state index is -0.764. The Morgan fingerprint density at radius 3 is 2.30 bits per heavy atom. The van der Waals surface area contributed by atoms with Crippen molar-refractivity contribution in [3.63, 3.8) is 0 Å². The van der Waals surface area contributed by atoms with Gasteiger partial charge in [-0.25, -0.2) is 0 Å². The number of hydrogen-bond donors (Lipinski definition) is 2. The fraction of sp³-hybridized carbons (Fsp3) is 0.296. The predicted molar refractivity (Wildman–Crippen MR) is 140 cm³/mol. The average molecular weight is 528 g/mol. The van der Waals surface area contributed by atoms with E-state index in [0.29, 0.717) is 5.02 Å². The third-order valence-corrected chi connectivity index (χ3v) is 6.01. The van der Waals surface area contributed by atoms with Crippen molar-refractivity contribution >= 4 is 23.4 Å². The summed E-state index contributed by atoms with van der Waals surface area (Å²) in [5.74, 6) is -1.42. The van der Waals surface area contributed by atoms with E-state index in [9.17, 15) is 14.4 Å². The minimum absolute atomic E-state index is 0.0128. The maximum absolute atomic E-state index is 13.6. The van der Waals surface area contributed by atoms with Crippen LogP contribution in [0.15, 0.2) is 59.4 Å². The van der Waals surface area contributed by atoms with Crippen LogP contribution >= 0.6 is 11.6 Å². The largest absolute Gasteiger partial charge is 0.483 e. The number of amides is 2. The highest BCUT2D eigenvalue weighted by Crippen LogP contribution is 2.22. The van der Waals surface area contributed by atoms with Gasteiger partial charge in [-0.15, -0.1) is 0 Å². The highest BCUT2D eigenvalue weighted by molar-refractivity contribution is 6.30. The van der Waals surface area contributed by atoms with Crippen molar-refractivity contribution in [2.45, 2.75) is 32.9 Å². The Bertz CT molecular complexity index is 1310. The number of hydrogen-bond acceptors (Lipinski definition) is 6. The molecule has 0 bridgehead atoms. The average Bonchev–Trinajstić information content (AvgIpc) is 2.91. The maximum atomic E-state index is 13.6. The zero-order valence-electron chi connectivity index (χ0n) is 21.2. The van der Waals surface area contributed by atoms with Gasteiger partial charge in [0.15, 0.2) is 17.7 Å². The van der Waals surface area contributed by atoms with E-state index in [4.69, 9.17) is 25.8 Å². The lowest BCUT2D eigenvalue weighted by atomic mass is 10.1. The zero-order chi connectivity index (χ0) is 26.9. The summed E-state index contributed by atoms with van der Waals surface area (Å²) in [6.45, 7) is 1.77. The smallest absolute Gasteiger partial charge is 0.272 e. The van der Waals surface area contributed by atoms with Crippen LogP contribution in [-0.2, 0) is 29.2 Å². The summed E-state index contributed by atoms with van der Waals surface area (Å²) in [5.41, 5.74) is 0.946. The third-order valence-electron chi connectivity index (χ3n) is 5.78. The van der Waals surface area contributed by atoms with Crippen LogP contribution < -0.4 is 20.8 Å². The lowest BCUT2D eigenvalue weighted by Crippen LogP contribution is -2.37.